The molecular weight excluding hydrogens is 245 g/mol. The molecule has 0 aliphatic carbocycles. The van der Waals surface area contributed by atoms with Crippen molar-refractivity contribution in [2.24, 2.45) is 5.73 Å². The van der Waals surface area contributed by atoms with E-state index in [1.165, 1.54) is 0 Å². The normalized spacial score (nSPS) is 38.8. The molecule has 0 atom stereocenters. The van der Waals surface area contributed by atoms with Gasteiger partial charge in [0.15, 0.2) is 0 Å². The molecular formula is C8H18GeN2O3. The number of nitrogens with two attached hydrogens (primary N) is 1. The van der Waals surface area contributed by atoms with Crippen LogP contribution >= 0.6 is 0 Å². The molecule has 0 saturated carbocycles. The van der Waals surface area contributed by atoms with Crippen LogP contribution in [-0.2, 0) is 11.3 Å². The van der Waals surface area contributed by atoms with Gasteiger partial charge in [0.25, 0.3) is 0 Å². The van der Waals surface area contributed by atoms with Crippen LogP contribution in [0.1, 0.15) is 0 Å². The van der Waals surface area contributed by atoms with Crippen molar-refractivity contribution < 1.29 is 11.3 Å². The second-order valence-corrected chi connectivity index (χ2v) is 9.34. The third kappa shape index (κ3) is 2.47. The molecule has 14 heavy (non-hydrogen) atoms. The molecule has 3 heterocycles. The molecule has 3 rings (SSSR count). The van der Waals surface area contributed by atoms with E-state index in [1.54, 1.807) is 0 Å². The molecule has 3 aliphatic heterocycles. The number of nitrogens with zero attached hydrogens (tertiary/aromatic N) is 1. The molecule has 0 spiro atoms. The van der Waals surface area contributed by atoms with Crippen LogP contribution in [0.2, 0.25) is 5.25 Å². The van der Waals surface area contributed by atoms with Gasteiger partial charge in [0.2, 0.25) is 0 Å². The first-order valence-electron chi connectivity index (χ1n) is 5.19. The molecule has 0 aromatic rings. The molecule has 2 bridgehead atoms. The molecule has 5 nitrogen and oxygen atoms in total. The molecule has 3 saturated heterocycles. The Kier molecular flexibility index (Phi) is 3.81. The van der Waals surface area contributed by atoms with Crippen molar-refractivity contribution in [3.05, 3.63) is 0 Å². The molecule has 2 N–H and O–H groups in total. The van der Waals surface area contributed by atoms with E-state index in [4.69, 9.17) is 17.0 Å². The maximum atomic E-state index is 5.80. The second-order valence-electron chi connectivity index (χ2n) is 3.61. The van der Waals surface area contributed by atoms with E-state index in [9.17, 15) is 0 Å². The SMILES string of the molecule is NC[CH2][Ge]12[O]CCN(CC[O]1)CC[O]2. The minimum atomic E-state index is -2.91. The van der Waals surface area contributed by atoms with Crippen molar-refractivity contribution in [2.75, 3.05) is 46.0 Å². The average molecular weight is 263 g/mol. The first-order chi connectivity index (χ1) is 6.85. The fraction of sp³-hybridized carbons (Fsp3) is 1.00. The number of hydrogen-bond donors (Lipinski definition) is 1. The Hall–Kier alpha value is 0.343. The van der Waals surface area contributed by atoms with Gasteiger partial charge in [-0.05, 0) is 0 Å². The van der Waals surface area contributed by atoms with Gasteiger partial charge >= 0.3 is 87.5 Å². The van der Waals surface area contributed by atoms with Gasteiger partial charge in [0.05, 0.1) is 0 Å². The summed E-state index contributed by atoms with van der Waals surface area (Å²) in [6.07, 6.45) is 0. The van der Waals surface area contributed by atoms with E-state index >= 15 is 0 Å². The van der Waals surface area contributed by atoms with Crippen LogP contribution in [0.4, 0.5) is 0 Å². The van der Waals surface area contributed by atoms with Gasteiger partial charge in [-0.25, -0.2) is 0 Å². The summed E-state index contributed by atoms with van der Waals surface area (Å²) in [7, 11) is 0. The summed E-state index contributed by atoms with van der Waals surface area (Å²) >= 11 is -2.91. The topological polar surface area (TPSA) is 57.0 Å². The van der Waals surface area contributed by atoms with E-state index in [-0.39, 0.29) is 0 Å². The van der Waals surface area contributed by atoms with Crippen LogP contribution in [0.25, 0.3) is 0 Å². The van der Waals surface area contributed by atoms with Crippen molar-refractivity contribution in [2.45, 2.75) is 5.25 Å². The molecule has 3 fully saturated rings. The number of fused-ring (bicyclic) bond motifs is 6. The van der Waals surface area contributed by atoms with Crippen LogP contribution in [0.3, 0.4) is 0 Å². The first kappa shape index (κ1) is 10.8. The fourth-order valence-corrected chi connectivity index (χ4v) is 6.55. The van der Waals surface area contributed by atoms with Crippen LogP contribution in [0, 0.1) is 0 Å². The van der Waals surface area contributed by atoms with E-state index in [0.717, 1.165) is 44.7 Å². The van der Waals surface area contributed by atoms with Crippen molar-refractivity contribution in [1.82, 2.24) is 4.90 Å². The summed E-state index contributed by atoms with van der Waals surface area (Å²) in [6.45, 7) is 5.82. The number of hydrogen-bond acceptors (Lipinski definition) is 5. The van der Waals surface area contributed by atoms with Crippen molar-refractivity contribution in [3.8, 4) is 0 Å². The van der Waals surface area contributed by atoms with Gasteiger partial charge in [-0.1, -0.05) is 0 Å². The van der Waals surface area contributed by atoms with Gasteiger partial charge in [0.1, 0.15) is 0 Å². The summed E-state index contributed by atoms with van der Waals surface area (Å²) < 4.78 is 17.4. The molecule has 0 aromatic heterocycles. The molecule has 0 radical (unpaired) electrons. The first-order valence-corrected chi connectivity index (χ1v) is 9.24. The van der Waals surface area contributed by atoms with Crippen molar-refractivity contribution >= 4 is 14.3 Å². The van der Waals surface area contributed by atoms with E-state index in [0.29, 0.717) is 6.54 Å². The third-order valence-electron chi connectivity index (χ3n) is 2.64. The standard InChI is InChI=1S/C8H18GeN2O3/c10-2-1-9-12-6-3-11(4-7-13-9)5-8-14-9/h1-8,10H2. The molecule has 0 aromatic carbocycles. The van der Waals surface area contributed by atoms with Gasteiger partial charge < -0.3 is 0 Å². The maximum absolute atomic E-state index is 5.80. The quantitative estimate of drug-likeness (QED) is 0.665. The Morgan fingerprint density at radius 2 is 1.50 bits per heavy atom. The van der Waals surface area contributed by atoms with Crippen LogP contribution < -0.4 is 5.73 Å². The Morgan fingerprint density at radius 1 is 1.00 bits per heavy atom. The van der Waals surface area contributed by atoms with Gasteiger partial charge in [-0.2, -0.15) is 0 Å². The zero-order valence-corrected chi connectivity index (χ0v) is 10.5. The minimum absolute atomic E-state index is 0.601. The monoisotopic (exact) mass is 264 g/mol. The summed E-state index contributed by atoms with van der Waals surface area (Å²) in [4.78, 5) is 2.31. The molecule has 3 aliphatic rings. The zero-order chi connectivity index (χ0) is 9.86. The fourth-order valence-electron chi connectivity index (χ4n) is 1.84. The van der Waals surface area contributed by atoms with Gasteiger partial charge in [0, 0.05) is 0 Å². The van der Waals surface area contributed by atoms with Gasteiger partial charge in [-0.3, -0.25) is 0 Å². The number of rotatable bonds is 2. The summed E-state index contributed by atoms with van der Waals surface area (Å²) in [5, 5.41) is 0.792. The van der Waals surface area contributed by atoms with E-state index in [2.05, 4.69) is 4.90 Å². The summed E-state index contributed by atoms with van der Waals surface area (Å²) in [5.41, 5.74) is 5.57. The Bertz CT molecular complexity index is 167. The average Bonchev–Trinajstić information content (AvgIpc) is 2.06. The third-order valence-corrected chi connectivity index (χ3v) is 8.58. The van der Waals surface area contributed by atoms with E-state index < -0.39 is 14.3 Å². The summed E-state index contributed by atoms with van der Waals surface area (Å²) in [6, 6.07) is 0. The van der Waals surface area contributed by atoms with Gasteiger partial charge in [-0.15, -0.1) is 0 Å². The van der Waals surface area contributed by atoms with Crippen LogP contribution in [0.5, 0.6) is 0 Å². The van der Waals surface area contributed by atoms with Crippen molar-refractivity contribution in [1.29, 1.82) is 0 Å². The summed E-state index contributed by atoms with van der Waals surface area (Å²) in [5.74, 6) is 0. The molecule has 0 amide bonds. The predicted molar refractivity (Wildman–Crippen MR) is 53.9 cm³/mol. The Labute approximate surface area is 87.9 Å². The van der Waals surface area contributed by atoms with Crippen LogP contribution in [-0.4, -0.2) is 65.2 Å². The molecule has 6 heteroatoms. The Balaban J connectivity index is 2.04. The van der Waals surface area contributed by atoms with Crippen LogP contribution in [0.15, 0.2) is 0 Å². The second kappa shape index (κ2) is 4.91. The zero-order valence-electron chi connectivity index (χ0n) is 8.41. The predicted octanol–water partition coefficient (Wildman–Crippen LogP) is -0.737. The molecule has 0 unspecified atom stereocenters. The molecule has 82 valence electrons. The van der Waals surface area contributed by atoms with Crippen molar-refractivity contribution in [3.63, 3.8) is 0 Å². The Morgan fingerprint density at radius 3 is 1.93 bits per heavy atom. The van der Waals surface area contributed by atoms with E-state index in [1.807, 2.05) is 0 Å².